The number of hydrogen-bond acceptors (Lipinski definition) is 2. The van der Waals surface area contributed by atoms with Gasteiger partial charge in [0.25, 0.3) is 0 Å². The van der Waals surface area contributed by atoms with E-state index in [1.54, 1.807) is 0 Å². The van der Waals surface area contributed by atoms with Crippen LogP contribution in [0.4, 0.5) is 0 Å². The summed E-state index contributed by atoms with van der Waals surface area (Å²) in [5.41, 5.74) is 4.23. The minimum atomic E-state index is 0.763. The van der Waals surface area contributed by atoms with Gasteiger partial charge in [0.15, 0.2) is 0 Å². The van der Waals surface area contributed by atoms with E-state index in [-0.39, 0.29) is 0 Å². The van der Waals surface area contributed by atoms with Gasteiger partial charge >= 0.3 is 0 Å². The van der Waals surface area contributed by atoms with E-state index in [1.807, 2.05) is 6.07 Å². The van der Waals surface area contributed by atoms with Crippen LogP contribution in [0.5, 0.6) is 5.75 Å². The van der Waals surface area contributed by atoms with Crippen LogP contribution in [0.25, 0.3) is 5.57 Å². The molecule has 0 aliphatic carbocycles. The van der Waals surface area contributed by atoms with E-state index in [1.165, 1.54) is 16.7 Å². The van der Waals surface area contributed by atoms with Gasteiger partial charge in [-0.25, -0.2) is 0 Å². The molecule has 2 heterocycles. The summed E-state index contributed by atoms with van der Waals surface area (Å²) >= 11 is 0. The van der Waals surface area contributed by atoms with Crippen LogP contribution in [-0.4, -0.2) is 19.7 Å². The summed E-state index contributed by atoms with van der Waals surface area (Å²) in [5, 5.41) is 3.38. The number of hydrogen-bond donors (Lipinski definition) is 1. The van der Waals surface area contributed by atoms with E-state index in [9.17, 15) is 0 Å². The fourth-order valence-corrected chi connectivity index (χ4v) is 2.21. The van der Waals surface area contributed by atoms with Crippen LogP contribution in [0.3, 0.4) is 0 Å². The van der Waals surface area contributed by atoms with Gasteiger partial charge in [0.1, 0.15) is 12.4 Å². The maximum Gasteiger partial charge on any atom is 0.127 e. The fourth-order valence-electron chi connectivity index (χ4n) is 2.21. The first-order valence-corrected chi connectivity index (χ1v) is 5.09. The second-order valence-electron chi connectivity index (χ2n) is 3.79. The zero-order chi connectivity index (χ0) is 9.38. The highest BCUT2D eigenvalue weighted by Crippen LogP contribution is 2.35. The molecule has 0 spiro atoms. The standard InChI is InChI=1S/C12H13NO/c1-2-4-12-11(3-1)10-5-6-13-7-9(10)8-14-12/h1-4,13H,5-8H2. The number of benzene rings is 1. The van der Waals surface area contributed by atoms with Crippen molar-refractivity contribution in [1.82, 2.24) is 5.32 Å². The van der Waals surface area contributed by atoms with Gasteiger partial charge in [-0.3, -0.25) is 0 Å². The molecule has 1 N–H and O–H groups in total. The first-order valence-electron chi connectivity index (χ1n) is 5.09. The largest absolute Gasteiger partial charge is 0.489 e. The lowest BCUT2D eigenvalue weighted by molar-refractivity contribution is 0.338. The Morgan fingerprint density at radius 3 is 3.14 bits per heavy atom. The third-order valence-electron chi connectivity index (χ3n) is 2.93. The van der Waals surface area contributed by atoms with E-state index in [4.69, 9.17) is 4.74 Å². The van der Waals surface area contributed by atoms with E-state index in [0.29, 0.717) is 0 Å². The van der Waals surface area contributed by atoms with Crippen LogP contribution in [0.1, 0.15) is 12.0 Å². The van der Waals surface area contributed by atoms with E-state index >= 15 is 0 Å². The van der Waals surface area contributed by atoms with E-state index in [2.05, 4.69) is 23.5 Å². The minimum absolute atomic E-state index is 0.763. The second kappa shape index (κ2) is 3.14. The lowest BCUT2D eigenvalue weighted by atomic mass is 9.92. The van der Waals surface area contributed by atoms with Crippen molar-refractivity contribution in [2.24, 2.45) is 0 Å². The Morgan fingerprint density at radius 2 is 2.14 bits per heavy atom. The maximum atomic E-state index is 5.70. The number of ether oxygens (including phenoxy) is 1. The van der Waals surface area contributed by atoms with Crippen molar-refractivity contribution in [2.75, 3.05) is 19.7 Å². The maximum absolute atomic E-state index is 5.70. The molecule has 0 bridgehead atoms. The molecule has 0 aromatic heterocycles. The molecule has 2 aliphatic heterocycles. The zero-order valence-corrected chi connectivity index (χ0v) is 8.05. The molecule has 0 unspecified atom stereocenters. The average molecular weight is 187 g/mol. The van der Waals surface area contributed by atoms with Crippen LogP contribution in [0.15, 0.2) is 29.8 Å². The van der Waals surface area contributed by atoms with Crippen molar-refractivity contribution < 1.29 is 4.74 Å². The van der Waals surface area contributed by atoms with Gasteiger partial charge in [0.2, 0.25) is 0 Å². The Balaban J connectivity index is 2.13. The predicted molar refractivity (Wildman–Crippen MR) is 56.3 cm³/mol. The molecule has 0 saturated heterocycles. The summed E-state index contributed by atoms with van der Waals surface area (Å²) in [5.74, 6) is 1.05. The Morgan fingerprint density at radius 1 is 1.21 bits per heavy atom. The monoisotopic (exact) mass is 187 g/mol. The predicted octanol–water partition coefficient (Wildman–Crippen LogP) is 1.83. The van der Waals surface area contributed by atoms with Crippen molar-refractivity contribution in [3.63, 3.8) is 0 Å². The first kappa shape index (κ1) is 8.06. The van der Waals surface area contributed by atoms with Gasteiger partial charge in [-0.1, -0.05) is 18.2 Å². The second-order valence-corrected chi connectivity index (χ2v) is 3.79. The van der Waals surface area contributed by atoms with Gasteiger partial charge in [-0.2, -0.15) is 0 Å². The molecule has 0 radical (unpaired) electrons. The highest BCUT2D eigenvalue weighted by molar-refractivity contribution is 5.75. The van der Waals surface area contributed by atoms with Crippen LogP contribution < -0.4 is 10.1 Å². The summed E-state index contributed by atoms with van der Waals surface area (Å²) in [6.45, 7) is 2.84. The van der Waals surface area contributed by atoms with Gasteiger partial charge in [0.05, 0.1) is 0 Å². The summed E-state index contributed by atoms with van der Waals surface area (Å²) in [7, 11) is 0. The smallest absolute Gasteiger partial charge is 0.127 e. The number of fused-ring (bicyclic) bond motifs is 2. The van der Waals surface area contributed by atoms with Crippen molar-refractivity contribution in [2.45, 2.75) is 6.42 Å². The fraction of sp³-hybridized carbons (Fsp3) is 0.333. The molecule has 3 rings (SSSR count). The van der Waals surface area contributed by atoms with Crippen molar-refractivity contribution in [3.8, 4) is 5.75 Å². The molecule has 0 atom stereocenters. The molecule has 1 aromatic carbocycles. The Labute approximate surface area is 83.6 Å². The Hall–Kier alpha value is -1.28. The van der Waals surface area contributed by atoms with Crippen molar-refractivity contribution in [1.29, 1.82) is 0 Å². The third kappa shape index (κ3) is 1.15. The summed E-state index contributed by atoms with van der Waals surface area (Å²) in [6, 6.07) is 8.34. The van der Waals surface area contributed by atoms with Gasteiger partial charge in [-0.05, 0) is 30.2 Å². The molecule has 2 nitrogen and oxygen atoms in total. The van der Waals surface area contributed by atoms with Crippen molar-refractivity contribution >= 4 is 5.57 Å². The lowest BCUT2D eigenvalue weighted by Crippen LogP contribution is -2.29. The molecule has 72 valence electrons. The lowest BCUT2D eigenvalue weighted by Gasteiger charge is -2.27. The van der Waals surface area contributed by atoms with Crippen molar-refractivity contribution in [3.05, 3.63) is 35.4 Å². The first-order chi connectivity index (χ1) is 6.95. The topological polar surface area (TPSA) is 21.3 Å². The number of rotatable bonds is 0. The zero-order valence-electron chi connectivity index (χ0n) is 8.05. The molecule has 0 amide bonds. The highest BCUT2D eigenvalue weighted by Gasteiger charge is 2.21. The van der Waals surface area contributed by atoms with Gasteiger partial charge in [0, 0.05) is 12.1 Å². The quantitative estimate of drug-likeness (QED) is 0.669. The Bertz CT molecular complexity index is 395. The third-order valence-corrected chi connectivity index (χ3v) is 2.93. The highest BCUT2D eigenvalue weighted by atomic mass is 16.5. The molecule has 1 aromatic rings. The molecule has 0 fully saturated rings. The SMILES string of the molecule is c1ccc2c(c1)OCC1=C2CCNC1. The van der Waals surface area contributed by atoms with Gasteiger partial charge in [-0.15, -0.1) is 0 Å². The molecular formula is C12H13NO. The van der Waals surface area contributed by atoms with Gasteiger partial charge < -0.3 is 10.1 Å². The van der Waals surface area contributed by atoms with E-state index < -0.39 is 0 Å². The van der Waals surface area contributed by atoms with E-state index in [0.717, 1.165) is 31.9 Å². The molecule has 2 heteroatoms. The molecule has 14 heavy (non-hydrogen) atoms. The van der Waals surface area contributed by atoms with Crippen LogP contribution in [0, 0.1) is 0 Å². The molecule has 0 saturated carbocycles. The number of para-hydroxylation sites is 1. The summed E-state index contributed by atoms with van der Waals surface area (Å²) in [4.78, 5) is 0. The molecular weight excluding hydrogens is 174 g/mol. The molecule has 2 aliphatic rings. The minimum Gasteiger partial charge on any atom is -0.489 e. The summed E-state index contributed by atoms with van der Waals surface area (Å²) in [6.07, 6.45) is 1.13. The normalized spacial score (nSPS) is 19.7. The number of nitrogens with one attached hydrogen (secondary N) is 1. The summed E-state index contributed by atoms with van der Waals surface area (Å²) < 4.78 is 5.70. The van der Waals surface area contributed by atoms with Crippen LogP contribution in [0.2, 0.25) is 0 Å². The average Bonchev–Trinajstić information content (AvgIpc) is 2.29. The van der Waals surface area contributed by atoms with Crippen LogP contribution in [-0.2, 0) is 0 Å². The Kier molecular flexibility index (Phi) is 1.81. The van der Waals surface area contributed by atoms with Crippen LogP contribution >= 0.6 is 0 Å².